The van der Waals surface area contributed by atoms with Crippen LogP contribution in [0.25, 0.3) is 0 Å². The quantitative estimate of drug-likeness (QED) is 0.720. The van der Waals surface area contributed by atoms with Crippen molar-refractivity contribution in [3.05, 3.63) is 35.4 Å². The molecule has 0 radical (unpaired) electrons. The van der Waals surface area contributed by atoms with Crippen LogP contribution in [0, 0.1) is 5.92 Å². The fraction of sp³-hybridized carbons (Fsp3) is 0.333. The van der Waals surface area contributed by atoms with Gasteiger partial charge < -0.3 is 15.5 Å². The molecule has 5 heteroatoms. The topological polar surface area (TPSA) is 86.6 Å². The van der Waals surface area contributed by atoms with Gasteiger partial charge >= 0.3 is 11.9 Å². The molecule has 2 atom stereocenters. The molecule has 0 spiro atoms. The van der Waals surface area contributed by atoms with Crippen LogP contribution < -0.4 is 5.32 Å². The van der Waals surface area contributed by atoms with Gasteiger partial charge in [0, 0.05) is 19.0 Å². The number of carboxylic acid groups (broad SMARTS) is 2. The second-order valence-corrected chi connectivity index (χ2v) is 4.14. The van der Waals surface area contributed by atoms with Crippen LogP contribution in [0.4, 0.5) is 0 Å². The molecule has 5 nitrogen and oxygen atoms in total. The molecule has 3 N–H and O–H groups in total. The Bertz CT molecular complexity index is 440. The van der Waals surface area contributed by atoms with Crippen LogP contribution in [0.1, 0.15) is 21.8 Å². The van der Waals surface area contributed by atoms with Crippen molar-refractivity contribution in [3.8, 4) is 0 Å². The minimum Gasteiger partial charge on any atom is -0.481 e. The van der Waals surface area contributed by atoms with Crippen LogP contribution in [-0.2, 0) is 4.79 Å². The molecule has 2 rings (SSSR count). The molecule has 0 aromatic heterocycles. The van der Waals surface area contributed by atoms with Crippen LogP contribution in [0.5, 0.6) is 0 Å². The molecule has 17 heavy (non-hydrogen) atoms. The molecule has 1 heterocycles. The molecule has 0 unspecified atom stereocenters. The largest absolute Gasteiger partial charge is 0.481 e. The van der Waals surface area contributed by atoms with Gasteiger partial charge in [-0.3, -0.25) is 4.79 Å². The first-order valence-electron chi connectivity index (χ1n) is 5.36. The summed E-state index contributed by atoms with van der Waals surface area (Å²) in [5.41, 5.74) is 1.08. The van der Waals surface area contributed by atoms with Gasteiger partial charge in [-0.25, -0.2) is 4.79 Å². The van der Waals surface area contributed by atoms with Crippen molar-refractivity contribution >= 4 is 11.9 Å². The summed E-state index contributed by atoms with van der Waals surface area (Å²) in [6.07, 6.45) is 0. The second kappa shape index (κ2) is 4.55. The van der Waals surface area contributed by atoms with Crippen molar-refractivity contribution in [1.29, 1.82) is 0 Å². The van der Waals surface area contributed by atoms with E-state index in [9.17, 15) is 9.59 Å². The smallest absolute Gasteiger partial charge is 0.335 e. The highest BCUT2D eigenvalue weighted by Gasteiger charge is 2.33. The van der Waals surface area contributed by atoms with E-state index in [4.69, 9.17) is 10.2 Å². The lowest BCUT2D eigenvalue weighted by molar-refractivity contribution is -0.141. The molecule has 1 aliphatic heterocycles. The monoisotopic (exact) mass is 235 g/mol. The van der Waals surface area contributed by atoms with Gasteiger partial charge in [0.05, 0.1) is 11.5 Å². The van der Waals surface area contributed by atoms with Gasteiger partial charge in [0.2, 0.25) is 0 Å². The molecule has 1 aliphatic rings. The average molecular weight is 235 g/mol. The van der Waals surface area contributed by atoms with Crippen molar-refractivity contribution < 1.29 is 19.8 Å². The number of rotatable bonds is 3. The summed E-state index contributed by atoms with van der Waals surface area (Å²) in [4.78, 5) is 21.7. The first-order valence-corrected chi connectivity index (χ1v) is 5.36. The maximum atomic E-state index is 11.0. The molecule has 1 saturated heterocycles. The Morgan fingerprint density at radius 3 is 2.29 bits per heavy atom. The zero-order valence-electron chi connectivity index (χ0n) is 9.09. The number of benzene rings is 1. The molecule has 0 aliphatic carbocycles. The highest BCUT2D eigenvalue weighted by Crippen LogP contribution is 2.28. The number of aromatic carboxylic acids is 1. The predicted octanol–water partition coefficient (Wildman–Crippen LogP) is 0.772. The van der Waals surface area contributed by atoms with Crippen molar-refractivity contribution in [2.24, 2.45) is 5.92 Å². The summed E-state index contributed by atoms with van der Waals surface area (Å²) in [5, 5.41) is 20.9. The minimum atomic E-state index is -0.976. The third kappa shape index (κ3) is 2.29. The highest BCUT2D eigenvalue weighted by atomic mass is 16.4. The van der Waals surface area contributed by atoms with Crippen molar-refractivity contribution in [3.63, 3.8) is 0 Å². The summed E-state index contributed by atoms with van der Waals surface area (Å²) in [6.45, 7) is 1.07. The number of hydrogen-bond donors (Lipinski definition) is 3. The van der Waals surface area contributed by atoms with Gasteiger partial charge in [0.1, 0.15) is 0 Å². The second-order valence-electron chi connectivity index (χ2n) is 4.14. The molecular formula is C12H13NO4. The van der Waals surface area contributed by atoms with Crippen molar-refractivity contribution in [1.82, 2.24) is 5.32 Å². The summed E-state index contributed by atoms with van der Waals surface area (Å²) >= 11 is 0. The Hall–Kier alpha value is -1.88. The van der Waals surface area contributed by atoms with Crippen LogP contribution in [0.3, 0.4) is 0 Å². The lowest BCUT2D eigenvalue weighted by Crippen LogP contribution is -2.21. The van der Waals surface area contributed by atoms with E-state index in [-0.39, 0.29) is 11.5 Å². The van der Waals surface area contributed by atoms with Crippen LogP contribution in [0.15, 0.2) is 24.3 Å². The molecule has 1 fully saturated rings. The van der Waals surface area contributed by atoms with Gasteiger partial charge in [0.15, 0.2) is 0 Å². The Labute approximate surface area is 98.1 Å². The van der Waals surface area contributed by atoms with Crippen LogP contribution in [-0.4, -0.2) is 35.2 Å². The number of nitrogens with one attached hydrogen (secondary N) is 1. The SMILES string of the molecule is O=C(O)c1ccc([C@H]2CNC[C@@H]2C(=O)O)cc1. The third-order valence-corrected chi connectivity index (χ3v) is 3.12. The summed E-state index contributed by atoms with van der Waals surface area (Å²) in [5.74, 6) is -2.32. The van der Waals surface area contributed by atoms with E-state index in [0.717, 1.165) is 5.56 Å². The Morgan fingerprint density at radius 1 is 1.12 bits per heavy atom. The highest BCUT2D eigenvalue weighted by molar-refractivity contribution is 5.87. The summed E-state index contributed by atoms with van der Waals surface area (Å²) in [7, 11) is 0. The molecule has 0 bridgehead atoms. The average Bonchev–Trinajstić information content (AvgIpc) is 2.78. The van der Waals surface area contributed by atoms with Gasteiger partial charge in [-0.1, -0.05) is 12.1 Å². The van der Waals surface area contributed by atoms with Gasteiger partial charge in [0.25, 0.3) is 0 Å². The van der Waals surface area contributed by atoms with Gasteiger partial charge in [-0.05, 0) is 17.7 Å². The van der Waals surface area contributed by atoms with Gasteiger partial charge in [-0.15, -0.1) is 0 Å². The first-order chi connectivity index (χ1) is 8.09. The van der Waals surface area contributed by atoms with Crippen molar-refractivity contribution in [2.45, 2.75) is 5.92 Å². The lowest BCUT2D eigenvalue weighted by Gasteiger charge is -2.14. The zero-order chi connectivity index (χ0) is 12.4. The Kier molecular flexibility index (Phi) is 3.10. The maximum Gasteiger partial charge on any atom is 0.335 e. The van der Waals surface area contributed by atoms with Crippen LogP contribution in [0.2, 0.25) is 0 Å². The standard InChI is InChI=1S/C12H13NO4/c14-11(15)8-3-1-7(2-4-8)9-5-13-6-10(9)12(16)17/h1-4,9-10,13H,5-6H2,(H,14,15)(H,16,17)/t9-,10+/m1/s1. The van der Waals surface area contributed by atoms with E-state index < -0.39 is 17.9 Å². The number of aliphatic carboxylic acids is 1. The van der Waals surface area contributed by atoms with E-state index in [2.05, 4.69) is 5.32 Å². The van der Waals surface area contributed by atoms with E-state index in [0.29, 0.717) is 13.1 Å². The lowest BCUT2D eigenvalue weighted by atomic mass is 9.88. The van der Waals surface area contributed by atoms with E-state index in [1.807, 2.05) is 0 Å². The van der Waals surface area contributed by atoms with E-state index >= 15 is 0 Å². The number of carboxylic acids is 2. The normalized spacial score (nSPS) is 23.5. The fourth-order valence-corrected chi connectivity index (χ4v) is 2.16. The molecule has 90 valence electrons. The molecular weight excluding hydrogens is 222 g/mol. The minimum absolute atomic E-state index is 0.0876. The van der Waals surface area contributed by atoms with Crippen LogP contribution >= 0.6 is 0 Å². The number of carbonyl (C=O) groups is 2. The maximum absolute atomic E-state index is 11.0. The van der Waals surface area contributed by atoms with E-state index in [1.54, 1.807) is 12.1 Å². The molecule has 1 aromatic carbocycles. The molecule has 1 aromatic rings. The zero-order valence-corrected chi connectivity index (χ0v) is 9.09. The third-order valence-electron chi connectivity index (χ3n) is 3.12. The van der Waals surface area contributed by atoms with Gasteiger partial charge in [-0.2, -0.15) is 0 Å². The Balaban J connectivity index is 2.22. The Morgan fingerprint density at radius 2 is 1.76 bits per heavy atom. The summed E-state index contributed by atoms with van der Waals surface area (Å²) < 4.78 is 0. The number of hydrogen-bond acceptors (Lipinski definition) is 3. The summed E-state index contributed by atoms with van der Waals surface area (Å²) in [6, 6.07) is 6.40. The first kappa shape index (κ1) is 11.6. The molecule has 0 saturated carbocycles. The van der Waals surface area contributed by atoms with Crippen molar-refractivity contribution in [2.75, 3.05) is 13.1 Å². The molecule has 0 amide bonds. The predicted molar refractivity (Wildman–Crippen MR) is 60.1 cm³/mol. The van der Waals surface area contributed by atoms with E-state index in [1.165, 1.54) is 12.1 Å². The fourth-order valence-electron chi connectivity index (χ4n) is 2.16.